The Bertz CT molecular complexity index is 782. The van der Waals surface area contributed by atoms with Crippen LogP contribution in [-0.2, 0) is 0 Å². The quantitative estimate of drug-likeness (QED) is 0.742. The molecule has 3 N–H and O–H groups in total. The van der Waals surface area contributed by atoms with Crippen molar-refractivity contribution in [3.63, 3.8) is 0 Å². The number of hydrogen-bond donors (Lipinski definition) is 3. The number of ketones is 1. The Morgan fingerprint density at radius 1 is 0.958 bits per heavy atom. The smallest absolute Gasteiger partial charge is 0.336 e. The predicted octanol–water partition coefficient (Wildman–Crippen LogP) is 1.73. The number of aromatic carboxylic acids is 1. The fraction of sp³-hybridized carbons (Fsp3) is 0.222. The van der Waals surface area contributed by atoms with Gasteiger partial charge in [0.1, 0.15) is 5.75 Å². The van der Waals surface area contributed by atoms with Gasteiger partial charge in [0.15, 0.2) is 5.78 Å². The molecular weight excluding hydrogens is 308 g/mol. The number of carboxylic acid groups (broad SMARTS) is 1. The van der Waals surface area contributed by atoms with Gasteiger partial charge in [-0.05, 0) is 18.2 Å². The lowest BCUT2D eigenvalue weighted by Crippen LogP contribution is -2.43. The number of hydrogen-bond acceptors (Lipinski definition) is 5. The topological polar surface area (TPSA) is 89.9 Å². The SMILES string of the molecule is O=C(O)c1ccccc1C(=O)c1ccc(N2CCNCC2)cc1O. The minimum atomic E-state index is -1.17. The van der Waals surface area contributed by atoms with Gasteiger partial charge in [-0.25, -0.2) is 4.79 Å². The van der Waals surface area contributed by atoms with Crippen LogP contribution in [0.1, 0.15) is 26.3 Å². The van der Waals surface area contributed by atoms with Gasteiger partial charge in [0.2, 0.25) is 0 Å². The number of phenols is 1. The van der Waals surface area contributed by atoms with E-state index >= 15 is 0 Å². The highest BCUT2D eigenvalue weighted by Gasteiger charge is 2.21. The first kappa shape index (κ1) is 16.0. The van der Waals surface area contributed by atoms with Gasteiger partial charge in [-0.2, -0.15) is 0 Å². The van der Waals surface area contributed by atoms with Crippen molar-refractivity contribution in [1.29, 1.82) is 0 Å². The van der Waals surface area contributed by atoms with Gasteiger partial charge >= 0.3 is 5.97 Å². The summed E-state index contributed by atoms with van der Waals surface area (Å²) < 4.78 is 0. The minimum absolute atomic E-state index is 0.0650. The number of carbonyl (C=O) groups excluding carboxylic acids is 1. The standard InChI is InChI=1S/C18H18N2O4/c21-16-11-12(20-9-7-19-8-10-20)5-6-15(16)17(22)13-3-1-2-4-14(13)18(23)24/h1-6,11,19,21H,7-10H2,(H,23,24). The Hall–Kier alpha value is -2.86. The Morgan fingerprint density at radius 2 is 1.62 bits per heavy atom. The molecule has 1 heterocycles. The lowest BCUT2D eigenvalue weighted by molar-refractivity contribution is 0.0692. The van der Waals surface area contributed by atoms with Crippen LogP contribution in [0.5, 0.6) is 5.75 Å². The number of aromatic hydroxyl groups is 1. The van der Waals surface area contributed by atoms with E-state index in [4.69, 9.17) is 0 Å². The number of carbonyl (C=O) groups is 2. The zero-order valence-electron chi connectivity index (χ0n) is 13.0. The fourth-order valence-corrected chi connectivity index (χ4v) is 2.84. The predicted molar refractivity (Wildman–Crippen MR) is 90.0 cm³/mol. The van der Waals surface area contributed by atoms with E-state index in [0.717, 1.165) is 31.9 Å². The first-order valence-electron chi connectivity index (χ1n) is 7.73. The number of anilines is 1. The fourth-order valence-electron chi connectivity index (χ4n) is 2.84. The maximum atomic E-state index is 12.6. The van der Waals surface area contributed by atoms with Crippen LogP contribution >= 0.6 is 0 Å². The summed E-state index contributed by atoms with van der Waals surface area (Å²) >= 11 is 0. The molecule has 124 valence electrons. The summed E-state index contributed by atoms with van der Waals surface area (Å²) in [6.45, 7) is 3.39. The molecule has 0 aliphatic carbocycles. The van der Waals surface area contributed by atoms with Crippen molar-refractivity contribution >= 4 is 17.4 Å². The summed E-state index contributed by atoms with van der Waals surface area (Å²) in [7, 11) is 0. The molecule has 2 aromatic rings. The highest BCUT2D eigenvalue weighted by Crippen LogP contribution is 2.27. The molecule has 2 aromatic carbocycles. The average molecular weight is 326 g/mol. The third-order valence-corrected chi connectivity index (χ3v) is 4.11. The first-order valence-corrected chi connectivity index (χ1v) is 7.73. The number of nitrogens with zero attached hydrogens (tertiary/aromatic N) is 1. The Morgan fingerprint density at radius 3 is 2.25 bits per heavy atom. The van der Waals surface area contributed by atoms with Gasteiger partial charge in [0.25, 0.3) is 0 Å². The number of nitrogens with one attached hydrogen (secondary N) is 1. The molecule has 1 aliphatic rings. The molecule has 6 nitrogen and oxygen atoms in total. The van der Waals surface area contributed by atoms with Gasteiger partial charge in [-0.1, -0.05) is 18.2 Å². The van der Waals surface area contributed by atoms with Crippen molar-refractivity contribution in [2.24, 2.45) is 0 Å². The lowest BCUT2D eigenvalue weighted by atomic mass is 9.97. The summed E-state index contributed by atoms with van der Waals surface area (Å²) in [4.78, 5) is 26.0. The molecule has 24 heavy (non-hydrogen) atoms. The lowest BCUT2D eigenvalue weighted by Gasteiger charge is -2.29. The van der Waals surface area contributed by atoms with Gasteiger partial charge in [0, 0.05) is 43.5 Å². The molecule has 0 radical (unpaired) electrons. The molecule has 1 fully saturated rings. The zero-order chi connectivity index (χ0) is 17.1. The van der Waals surface area contributed by atoms with Crippen LogP contribution in [0.3, 0.4) is 0 Å². The number of carboxylic acids is 1. The van der Waals surface area contributed by atoms with Gasteiger partial charge in [-0.15, -0.1) is 0 Å². The van der Waals surface area contributed by atoms with Crippen LogP contribution in [0.25, 0.3) is 0 Å². The summed E-state index contributed by atoms with van der Waals surface area (Å²) in [6, 6.07) is 10.9. The number of rotatable bonds is 4. The van der Waals surface area contributed by atoms with Crippen LogP contribution in [0.2, 0.25) is 0 Å². The molecule has 0 saturated carbocycles. The average Bonchev–Trinajstić information content (AvgIpc) is 2.62. The molecule has 0 spiro atoms. The second-order valence-electron chi connectivity index (χ2n) is 5.62. The second-order valence-corrected chi connectivity index (χ2v) is 5.62. The molecule has 3 rings (SSSR count). The highest BCUT2D eigenvalue weighted by atomic mass is 16.4. The van der Waals surface area contributed by atoms with Crippen LogP contribution in [-0.4, -0.2) is 48.1 Å². The van der Waals surface area contributed by atoms with Gasteiger partial charge in [0.05, 0.1) is 11.1 Å². The molecule has 0 atom stereocenters. The molecule has 0 unspecified atom stereocenters. The van der Waals surface area contributed by atoms with Crippen LogP contribution < -0.4 is 10.2 Å². The number of benzene rings is 2. The largest absolute Gasteiger partial charge is 0.507 e. The van der Waals surface area contributed by atoms with E-state index in [2.05, 4.69) is 10.2 Å². The van der Waals surface area contributed by atoms with Crippen LogP contribution in [0.4, 0.5) is 5.69 Å². The normalized spacial score (nSPS) is 14.4. The third-order valence-electron chi connectivity index (χ3n) is 4.11. The van der Waals surface area contributed by atoms with Gasteiger partial charge < -0.3 is 20.4 Å². The van der Waals surface area contributed by atoms with E-state index < -0.39 is 11.8 Å². The maximum Gasteiger partial charge on any atom is 0.336 e. The monoisotopic (exact) mass is 326 g/mol. The summed E-state index contributed by atoms with van der Waals surface area (Å²) in [5.74, 6) is -1.82. The van der Waals surface area contributed by atoms with E-state index in [-0.39, 0.29) is 22.4 Å². The Kier molecular flexibility index (Phi) is 4.48. The molecule has 0 bridgehead atoms. The minimum Gasteiger partial charge on any atom is -0.507 e. The van der Waals surface area contributed by atoms with Crippen molar-refractivity contribution < 1.29 is 19.8 Å². The van der Waals surface area contributed by atoms with Crippen molar-refractivity contribution in [3.05, 3.63) is 59.2 Å². The number of piperazine rings is 1. The van der Waals surface area contributed by atoms with Crippen molar-refractivity contribution in [3.8, 4) is 5.75 Å². The van der Waals surface area contributed by atoms with Crippen molar-refractivity contribution in [2.45, 2.75) is 0 Å². The summed E-state index contributed by atoms with van der Waals surface area (Å²) in [5, 5.41) is 22.7. The Balaban J connectivity index is 1.92. The molecule has 6 heteroatoms. The third kappa shape index (κ3) is 3.09. The molecule has 1 aliphatic heterocycles. The van der Waals surface area contributed by atoms with Crippen LogP contribution in [0, 0.1) is 0 Å². The van der Waals surface area contributed by atoms with E-state index in [1.54, 1.807) is 30.3 Å². The van der Waals surface area contributed by atoms with Crippen LogP contribution in [0.15, 0.2) is 42.5 Å². The summed E-state index contributed by atoms with van der Waals surface area (Å²) in [6.07, 6.45) is 0. The first-order chi connectivity index (χ1) is 11.6. The second kappa shape index (κ2) is 6.72. The number of phenolic OH excluding ortho intramolecular Hbond substituents is 1. The Labute approximate surface area is 139 Å². The van der Waals surface area contributed by atoms with E-state index in [1.807, 2.05) is 0 Å². The summed E-state index contributed by atoms with van der Waals surface area (Å²) in [5.41, 5.74) is 0.933. The van der Waals surface area contributed by atoms with Crippen molar-refractivity contribution in [2.75, 3.05) is 31.1 Å². The van der Waals surface area contributed by atoms with Crippen molar-refractivity contribution in [1.82, 2.24) is 5.32 Å². The highest BCUT2D eigenvalue weighted by molar-refractivity contribution is 6.15. The zero-order valence-corrected chi connectivity index (χ0v) is 13.0. The maximum absolute atomic E-state index is 12.6. The molecule has 0 aromatic heterocycles. The van der Waals surface area contributed by atoms with Gasteiger partial charge in [-0.3, -0.25) is 4.79 Å². The molecule has 0 amide bonds. The molecule has 1 saturated heterocycles. The molecular formula is C18H18N2O4. The van der Waals surface area contributed by atoms with E-state index in [9.17, 15) is 19.8 Å². The van der Waals surface area contributed by atoms with E-state index in [1.165, 1.54) is 12.1 Å². The van der Waals surface area contributed by atoms with E-state index in [0.29, 0.717) is 0 Å².